The summed E-state index contributed by atoms with van der Waals surface area (Å²) in [5.41, 5.74) is 3.51. The normalized spacial score (nSPS) is 18.9. The third-order valence-electron chi connectivity index (χ3n) is 7.76. The number of likely N-dealkylation sites (tertiary alicyclic amines) is 1. The van der Waals surface area contributed by atoms with Crippen molar-refractivity contribution >= 4 is 30.1 Å². The van der Waals surface area contributed by atoms with Gasteiger partial charge in [-0.2, -0.15) is 0 Å². The SMILES string of the molecule is C=CNC=O.CCCC(C)N(C=O)c1cccc(CCCCCC(=O)N2CCCC23CCNC3)c1N(C)C. The summed E-state index contributed by atoms with van der Waals surface area (Å²) in [7, 11) is 4.11. The van der Waals surface area contributed by atoms with Crippen molar-refractivity contribution in [2.45, 2.75) is 89.6 Å². The minimum absolute atomic E-state index is 0.109. The average Bonchev–Trinajstić information content (AvgIpc) is 3.55. The van der Waals surface area contributed by atoms with Gasteiger partial charge >= 0.3 is 0 Å². The van der Waals surface area contributed by atoms with Gasteiger partial charge < -0.3 is 25.3 Å². The number of aryl methyl sites for hydroxylation is 1. The van der Waals surface area contributed by atoms with Crippen LogP contribution < -0.4 is 20.4 Å². The van der Waals surface area contributed by atoms with Crippen molar-refractivity contribution in [3.05, 3.63) is 36.5 Å². The smallest absolute Gasteiger partial charge is 0.223 e. The van der Waals surface area contributed by atoms with Crippen LogP contribution in [0.15, 0.2) is 31.0 Å². The summed E-state index contributed by atoms with van der Waals surface area (Å²) < 4.78 is 0. The summed E-state index contributed by atoms with van der Waals surface area (Å²) in [6, 6.07) is 6.48. The average molecular weight is 528 g/mol. The van der Waals surface area contributed by atoms with Crippen LogP contribution in [0.3, 0.4) is 0 Å². The molecule has 0 aromatic heterocycles. The number of unbranched alkanes of at least 4 members (excludes halogenated alkanes) is 2. The number of benzene rings is 1. The van der Waals surface area contributed by atoms with Gasteiger partial charge in [0.1, 0.15) is 0 Å². The van der Waals surface area contributed by atoms with Crippen molar-refractivity contribution in [2.24, 2.45) is 0 Å². The zero-order valence-corrected chi connectivity index (χ0v) is 24.0. The molecule has 1 aromatic carbocycles. The second kappa shape index (κ2) is 16.2. The zero-order chi connectivity index (χ0) is 28.0. The van der Waals surface area contributed by atoms with Crippen molar-refractivity contribution < 1.29 is 14.4 Å². The lowest BCUT2D eigenvalue weighted by molar-refractivity contribution is -0.135. The molecule has 2 N–H and O–H groups in total. The maximum atomic E-state index is 12.9. The number of hydrogen-bond acceptors (Lipinski definition) is 5. The minimum Gasteiger partial charge on any atom is -0.376 e. The molecule has 0 bridgehead atoms. The molecule has 38 heavy (non-hydrogen) atoms. The number of carbonyl (C=O) groups excluding carboxylic acids is 3. The Hall–Kier alpha value is -2.87. The number of nitrogens with zero attached hydrogens (tertiary/aromatic N) is 3. The molecule has 3 amide bonds. The first-order chi connectivity index (χ1) is 18.3. The molecule has 0 aliphatic carbocycles. The van der Waals surface area contributed by atoms with Crippen molar-refractivity contribution in [3.63, 3.8) is 0 Å². The minimum atomic E-state index is 0.109. The maximum Gasteiger partial charge on any atom is 0.223 e. The Morgan fingerprint density at radius 1 is 1.24 bits per heavy atom. The highest BCUT2D eigenvalue weighted by Gasteiger charge is 2.44. The Morgan fingerprint density at radius 2 is 2.03 bits per heavy atom. The van der Waals surface area contributed by atoms with Gasteiger partial charge in [-0.15, -0.1) is 0 Å². The van der Waals surface area contributed by atoms with E-state index in [9.17, 15) is 14.4 Å². The van der Waals surface area contributed by atoms with Crippen molar-refractivity contribution in [2.75, 3.05) is 43.5 Å². The Balaban J connectivity index is 0.000000926. The predicted molar refractivity (Wildman–Crippen MR) is 156 cm³/mol. The van der Waals surface area contributed by atoms with Gasteiger partial charge in [0, 0.05) is 39.6 Å². The number of hydrogen-bond donors (Lipinski definition) is 2. The van der Waals surface area contributed by atoms with Gasteiger partial charge in [-0.25, -0.2) is 0 Å². The van der Waals surface area contributed by atoms with Gasteiger partial charge in [0.15, 0.2) is 0 Å². The highest BCUT2D eigenvalue weighted by atomic mass is 16.2. The summed E-state index contributed by atoms with van der Waals surface area (Å²) in [5, 5.41) is 5.65. The van der Waals surface area contributed by atoms with E-state index >= 15 is 0 Å². The molecule has 1 spiro atoms. The van der Waals surface area contributed by atoms with Gasteiger partial charge in [-0.05, 0) is 76.2 Å². The lowest BCUT2D eigenvalue weighted by Gasteiger charge is -2.34. The molecule has 2 fully saturated rings. The van der Waals surface area contributed by atoms with E-state index in [1.807, 2.05) is 4.90 Å². The number of amides is 3. The quantitative estimate of drug-likeness (QED) is 0.279. The molecule has 2 heterocycles. The van der Waals surface area contributed by atoms with Crippen molar-refractivity contribution in [1.29, 1.82) is 0 Å². The van der Waals surface area contributed by atoms with Crippen LogP contribution in [0.2, 0.25) is 0 Å². The Morgan fingerprint density at radius 3 is 2.61 bits per heavy atom. The Labute approximate surface area is 229 Å². The molecular formula is C30H49N5O3. The maximum absolute atomic E-state index is 12.9. The molecule has 8 nitrogen and oxygen atoms in total. The Kier molecular flexibility index (Phi) is 13.3. The number of para-hydroxylation sites is 1. The molecular weight excluding hydrogens is 478 g/mol. The molecule has 2 saturated heterocycles. The van der Waals surface area contributed by atoms with Gasteiger partial charge in [0.2, 0.25) is 18.7 Å². The number of nitrogens with one attached hydrogen (secondary N) is 2. The second-order valence-electron chi connectivity index (χ2n) is 10.7. The van der Waals surface area contributed by atoms with Crippen molar-refractivity contribution in [3.8, 4) is 0 Å². The molecule has 2 aliphatic rings. The second-order valence-corrected chi connectivity index (χ2v) is 10.7. The van der Waals surface area contributed by atoms with Gasteiger partial charge in [-0.3, -0.25) is 14.4 Å². The van der Waals surface area contributed by atoms with Crippen LogP contribution in [0.25, 0.3) is 0 Å². The van der Waals surface area contributed by atoms with Gasteiger partial charge in [0.25, 0.3) is 0 Å². The van der Waals surface area contributed by atoms with Crippen LogP contribution in [0, 0.1) is 0 Å². The highest BCUT2D eigenvalue weighted by molar-refractivity contribution is 5.86. The third-order valence-corrected chi connectivity index (χ3v) is 7.76. The molecule has 3 rings (SSSR count). The van der Waals surface area contributed by atoms with Crippen molar-refractivity contribution in [1.82, 2.24) is 15.5 Å². The molecule has 2 aliphatic heterocycles. The van der Waals surface area contributed by atoms with E-state index in [0.717, 1.165) is 95.2 Å². The van der Waals surface area contributed by atoms with Gasteiger partial charge in [-0.1, -0.05) is 38.5 Å². The predicted octanol–water partition coefficient (Wildman–Crippen LogP) is 4.24. The van der Waals surface area contributed by atoms with Crippen LogP contribution in [-0.2, 0) is 20.8 Å². The van der Waals surface area contributed by atoms with Crippen LogP contribution in [0.1, 0.15) is 77.2 Å². The van der Waals surface area contributed by atoms with Crippen LogP contribution in [0.4, 0.5) is 11.4 Å². The first-order valence-electron chi connectivity index (χ1n) is 14.2. The molecule has 0 radical (unpaired) electrons. The lowest BCUT2D eigenvalue weighted by Crippen LogP contribution is -2.48. The number of rotatable bonds is 14. The highest BCUT2D eigenvalue weighted by Crippen LogP contribution is 2.36. The van der Waals surface area contributed by atoms with E-state index in [1.165, 1.54) is 11.8 Å². The summed E-state index contributed by atoms with van der Waals surface area (Å²) in [6.45, 7) is 10.4. The topological polar surface area (TPSA) is 85.0 Å². The first kappa shape index (κ1) is 31.3. The van der Waals surface area contributed by atoms with Crippen LogP contribution in [0.5, 0.6) is 0 Å². The van der Waals surface area contributed by atoms with E-state index in [0.29, 0.717) is 18.7 Å². The largest absolute Gasteiger partial charge is 0.376 e. The van der Waals surface area contributed by atoms with E-state index in [-0.39, 0.29) is 11.6 Å². The fourth-order valence-corrected chi connectivity index (χ4v) is 5.91. The molecule has 2 atom stereocenters. The lowest BCUT2D eigenvalue weighted by atomic mass is 9.94. The van der Waals surface area contributed by atoms with E-state index in [2.05, 4.69) is 73.2 Å². The first-order valence-corrected chi connectivity index (χ1v) is 14.2. The molecule has 1 aromatic rings. The molecule has 212 valence electrons. The summed E-state index contributed by atoms with van der Waals surface area (Å²) in [4.78, 5) is 40.3. The van der Waals surface area contributed by atoms with E-state index < -0.39 is 0 Å². The van der Waals surface area contributed by atoms with Crippen LogP contribution in [-0.4, -0.2) is 68.9 Å². The fraction of sp³-hybridized carbons (Fsp3) is 0.633. The van der Waals surface area contributed by atoms with Crippen LogP contribution >= 0.6 is 0 Å². The van der Waals surface area contributed by atoms with Gasteiger partial charge in [0.05, 0.1) is 16.9 Å². The number of carbonyl (C=O) groups is 3. The zero-order valence-electron chi connectivity index (χ0n) is 24.0. The Bertz CT molecular complexity index is 886. The van der Waals surface area contributed by atoms with E-state index in [1.54, 1.807) is 0 Å². The summed E-state index contributed by atoms with van der Waals surface area (Å²) >= 11 is 0. The monoisotopic (exact) mass is 527 g/mol. The molecule has 0 saturated carbocycles. The molecule has 8 heteroatoms. The van der Waals surface area contributed by atoms with E-state index in [4.69, 9.17) is 0 Å². The summed E-state index contributed by atoms with van der Waals surface area (Å²) in [5.74, 6) is 0.346. The fourth-order valence-electron chi connectivity index (χ4n) is 5.91. The standard InChI is InChI=1S/C27H44N4O2.C3H5NO/c1-5-11-22(2)30(21-32)24-14-9-13-23(26(24)29(3)4)12-7-6-8-15-25(33)31-19-10-16-27(31)17-18-28-20-27;1-2-4-3-5/h9,13-14,21-22,28H,5-8,10-12,15-20H2,1-4H3;2-3H,1H2,(H,4,5). The summed E-state index contributed by atoms with van der Waals surface area (Å²) in [6.07, 6.45) is 13.0. The molecule has 2 unspecified atom stereocenters. The third kappa shape index (κ3) is 8.32. The number of anilines is 2.